The van der Waals surface area contributed by atoms with Gasteiger partial charge in [-0.3, -0.25) is 9.69 Å². The molecule has 1 aromatic carbocycles. The van der Waals surface area contributed by atoms with Gasteiger partial charge >= 0.3 is 0 Å². The smallest absolute Gasteiger partial charge is 0.246 e. The number of aliphatic hydroxyl groups excluding tert-OH is 1. The van der Waals surface area contributed by atoms with E-state index >= 15 is 0 Å². The standard InChI is InChI=1S/C15H22N2O2/c1-10-7-11(2)14(12(3)8-10)17-6-5-16(4)13(9-18)15(17)19/h7-8,13,18H,5-6,9H2,1-4H3. The zero-order chi connectivity index (χ0) is 14.2. The second-order valence-corrected chi connectivity index (χ2v) is 5.42. The maximum atomic E-state index is 12.5. The van der Waals surface area contributed by atoms with E-state index in [1.54, 1.807) is 0 Å². The number of carbonyl (C=O) groups is 1. The monoisotopic (exact) mass is 262 g/mol. The van der Waals surface area contributed by atoms with Gasteiger partial charge in [0.15, 0.2) is 0 Å². The highest BCUT2D eigenvalue weighted by Gasteiger charge is 2.33. The van der Waals surface area contributed by atoms with E-state index in [1.165, 1.54) is 5.56 Å². The van der Waals surface area contributed by atoms with Crippen LogP contribution in [0.1, 0.15) is 16.7 Å². The third-order valence-electron chi connectivity index (χ3n) is 3.84. The second-order valence-electron chi connectivity index (χ2n) is 5.42. The lowest BCUT2D eigenvalue weighted by molar-refractivity contribution is -0.126. The van der Waals surface area contributed by atoms with Crippen LogP contribution in [0.3, 0.4) is 0 Å². The molecule has 0 spiro atoms. The Balaban J connectivity index is 2.40. The lowest BCUT2D eigenvalue weighted by Gasteiger charge is -2.39. The van der Waals surface area contributed by atoms with Gasteiger partial charge < -0.3 is 10.0 Å². The number of hydrogen-bond donors (Lipinski definition) is 1. The average molecular weight is 262 g/mol. The first-order valence-corrected chi connectivity index (χ1v) is 6.66. The number of amides is 1. The normalized spacial score (nSPS) is 21.0. The number of piperazine rings is 1. The molecule has 0 saturated carbocycles. The number of likely N-dealkylation sites (N-methyl/N-ethyl adjacent to an activating group) is 1. The molecule has 1 atom stereocenters. The molecule has 0 bridgehead atoms. The molecule has 1 aliphatic rings. The number of aliphatic hydroxyl groups is 1. The van der Waals surface area contributed by atoms with Crippen molar-refractivity contribution in [1.29, 1.82) is 0 Å². The Morgan fingerprint density at radius 1 is 1.21 bits per heavy atom. The largest absolute Gasteiger partial charge is 0.394 e. The van der Waals surface area contributed by atoms with Gasteiger partial charge in [-0.05, 0) is 38.9 Å². The van der Waals surface area contributed by atoms with Gasteiger partial charge in [0.1, 0.15) is 6.04 Å². The number of aryl methyl sites for hydroxylation is 3. The van der Waals surface area contributed by atoms with E-state index in [4.69, 9.17) is 0 Å². The van der Waals surface area contributed by atoms with Crippen molar-refractivity contribution in [3.05, 3.63) is 28.8 Å². The lowest BCUT2D eigenvalue weighted by atomic mass is 10.0. The van der Waals surface area contributed by atoms with E-state index in [0.717, 1.165) is 23.4 Å². The van der Waals surface area contributed by atoms with E-state index in [1.807, 2.05) is 30.7 Å². The van der Waals surface area contributed by atoms with Crippen molar-refractivity contribution in [2.45, 2.75) is 26.8 Å². The van der Waals surface area contributed by atoms with Crippen molar-refractivity contribution in [1.82, 2.24) is 4.90 Å². The zero-order valence-corrected chi connectivity index (χ0v) is 12.1. The molecule has 1 saturated heterocycles. The van der Waals surface area contributed by atoms with E-state index in [2.05, 4.69) is 19.1 Å². The third-order valence-corrected chi connectivity index (χ3v) is 3.84. The van der Waals surface area contributed by atoms with Crippen LogP contribution in [0.2, 0.25) is 0 Å². The molecular formula is C15H22N2O2. The molecule has 1 aliphatic heterocycles. The summed E-state index contributed by atoms with van der Waals surface area (Å²) in [6.07, 6.45) is 0. The molecule has 1 heterocycles. The van der Waals surface area contributed by atoms with Gasteiger partial charge in [0, 0.05) is 18.8 Å². The highest BCUT2D eigenvalue weighted by atomic mass is 16.3. The SMILES string of the molecule is Cc1cc(C)c(N2CCN(C)C(CO)C2=O)c(C)c1. The van der Waals surface area contributed by atoms with Crippen LogP contribution in [-0.4, -0.2) is 48.7 Å². The van der Waals surface area contributed by atoms with Crippen molar-refractivity contribution in [2.75, 3.05) is 31.6 Å². The number of hydrogen-bond acceptors (Lipinski definition) is 3. The van der Waals surface area contributed by atoms with Crippen molar-refractivity contribution in [3.8, 4) is 0 Å². The van der Waals surface area contributed by atoms with Crippen LogP contribution < -0.4 is 4.90 Å². The van der Waals surface area contributed by atoms with Crippen LogP contribution >= 0.6 is 0 Å². The van der Waals surface area contributed by atoms with Crippen molar-refractivity contribution >= 4 is 11.6 Å². The minimum Gasteiger partial charge on any atom is -0.394 e. The van der Waals surface area contributed by atoms with Gasteiger partial charge in [-0.1, -0.05) is 17.7 Å². The second kappa shape index (κ2) is 5.31. The Kier molecular flexibility index (Phi) is 3.92. The van der Waals surface area contributed by atoms with Crippen molar-refractivity contribution in [2.24, 2.45) is 0 Å². The summed E-state index contributed by atoms with van der Waals surface area (Å²) in [5.74, 6) is -0.00805. The van der Waals surface area contributed by atoms with Gasteiger partial charge in [0.25, 0.3) is 0 Å². The molecule has 1 aromatic rings. The fourth-order valence-corrected chi connectivity index (χ4v) is 2.93. The van der Waals surface area contributed by atoms with Gasteiger partial charge in [0.05, 0.1) is 6.61 Å². The highest BCUT2D eigenvalue weighted by Crippen LogP contribution is 2.28. The van der Waals surface area contributed by atoms with Crippen LogP contribution in [0, 0.1) is 20.8 Å². The summed E-state index contributed by atoms with van der Waals surface area (Å²) >= 11 is 0. The quantitative estimate of drug-likeness (QED) is 0.872. The number of anilines is 1. The average Bonchev–Trinajstić information content (AvgIpc) is 2.31. The summed E-state index contributed by atoms with van der Waals surface area (Å²) in [5, 5.41) is 9.39. The Hall–Kier alpha value is -1.39. The van der Waals surface area contributed by atoms with Gasteiger partial charge in [0.2, 0.25) is 5.91 Å². The Bertz CT molecular complexity index is 476. The summed E-state index contributed by atoms with van der Waals surface area (Å²) in [4.78, 5) is 16.2. The van der Waals surface area contributed by atoms with Crippen LogP contribution in [0.15, 0.2) is 12.1 Å². The summed E-state index contributed by atoms with van der Waals surface area (Å²) in [5.41, 5.74) is 4.44. The molecule has 2 rings (SSSR count). The highest BCUT2D eigenvalue weighted by molar-refractivity contribution is 5.99. The van der Waals surface area contributed by atoms with Gasteiger partial charge in [-0.25, -0.2) is 0 Å². The summed E-state index contributed by atoms with van der Waals surface area (Å²) in [6, 6.07) is 3.78. The molecule has 0 radical (unpaired) electrons. The maximum absolute atomic E-state index is 12.5. The first-order valence-electron chi connectivity index (χ1n) is 6.66. The molecule has 0 aliphatic carbocycles. The van der Waals surface area contributed by atoms with Crippen LogP contribution in [0.4, 0.5) is 5.69 Å². The van der Waals surface area contributed by atoms with Crippen LogP contribution in [0.25, 0.3) is 0 Å². The third kappa shape index (κ3) is 2.51. The number of rotatable bonds is 2. The Morgan fingerprint density at radius 2 is 1.79 bits per heavy atom. The maximum Gasteiger partial charge on any atom is 0.246 e. The fraction of sp³-hybridized carbons (Fsp3) is 0.533. The fourth-order valence-electron chi connectivity index (χ4n) is 2.93. The minimum atomic E-state index is -0.422. The summed E-state index contributed by atoms with van der Waals surface area (Å²) in [6.45, 7) is 7.46. The van der Waals surface area contributed by atoms with E-state index < -0.39 is 6.04 Å². The predicted molar refractivity (Wildman–Crippen MR) is 76.5 cm³/mol. The molecular weight excluding hydrogens is 240 g/mol. The van der Waals surface area contributed by atoms with Crippen molar-refractivity contribution < 1.29 is 9.90 Å². The Morgan fingerprint density at radius 3 is 2.32 bits per heavy atom. The number of benzene rings is 1. The van der Waals surface area contributed by atoms with Gasteiger partial charge in [-0.2, -0.15) is 0 Å². The molecule has 1 unspecified atom stereocenters. The first-order chi connectivity index (χ1) is 8.95. The molecule has 104 valence electrons. The predicted octanol–water partition coefficient (Wildman–Crippen LogP) is 1.25. The summed E-state index contributed by atoms with van der Waals surface area (Å²) < 4.78 is 0. The van der Waals surface area contributed by atoms with Crippen molar-refractivity contribution in [3.63, 3.8) is 0 Å². The van der Waals surface area contributed by atoms with E-state index in [9.17, 15) is 9.90 Å². The lowest BCUT2D eigenvalue weighted by Crippen LogP contribution is -2.57. The topological polar surface area (TPSA) is 43.8 Å². The Labute approximate surface area is 114 Å². The molecule has 4 nitrogen and oxygen atoms in total. The molecule has 19 heavy (non-hydrogen) atoms. The van der Waals surface area contributed by atoms with E-state index in [0.29, 0.717) is 6.54 Å². The number of nitrogens with zero attached hydrogens (tertiary/aromatic N) is 2. The minimum absolute atomic E-state index is 0.00805. The molecule has 0 aromatic heterocycles. The molecule has 1 amide bonds. The van der Waals surface area contributed by atoms with Gasteiger partial charge in [-0.15, -0.1) is 0 Å². The van der Waals surface area contributed by atoms with E-state index in [-0.39, 0.29) is 12.5 Å². The van der Waals surface area contributed by atoms with Crippen LogP contribution in [0.5, 0.6) is 0 Å². The molecule has 4 heteroatoms. The summed E-state index contributed by atoms with van der Waals surface area (Å²) in [7, 11) is 1.88. The van der Waals surface area contributed by atoms with Crippen LogP contribution in [-0.2, 0) is 4.79 Å². The molecule has 1 fully saturated rings. The molecule has 1 N–H and O–H groups in total. The number of carbonyl (C=O) groups excluding carboxylic acids is 1. The first kappa shape index (κ1) is 14.0. The zero-order valence-electron chi connectivity index (χ0n) is 12.1.